The van der Waals surface area contributed by atoms with Crippen LogP contribution in [0.15, 0.2) is 27.1 Å². The van der Waals surface area contributed by atoms with Crippen LogP contribution in [0.2, 0.25) is 0 Å². The highest BCUT2D eigenvalue weighted by Gasteiger charge is 2.13. The predicted octanol–water partition coefficient (Wildman–Crippen LogP) is 2.71. The minimum absolute atomic E-state index is 0.0453. The number of hydrogen-bond acceptors (Lipinski definition) is 2. The highest BCUT2D eigenvalue weighted by atomic mass is 79.9. The summed E-state index contributed by atoms with van der Waals surface area (Å²) < 4.78 is 1.64. The quantitative estimate of drug-likeness (QED) is 0.877. The van der Waals surface area contributed by atoms with Gasteiger partial charge >= 0.3 is 0 Å². The van der Waals surface area contributed by atoms with E-state index in [1.54, 1.807) is 12.1 Å². The molecule has 0 fully saturated rings. The van der Waals surface area contributed by atoms with Crippen LogP contribution in [0.1, 0.15) is 23.7 Å². The molecule has 0 saturated carbocycles. The number of nitrogens with one attached hydrogen (secondary N) is 1. The van der Waals surface area contributed by atoms with Gasteiger partial charge in [0.1, 0.15) is 0 Å². The monoisotopic (exact) mass is 349 g/mol. The van der Waals surface area contributed by atoms with Gasteiger partial charge in [-0.3, -0.25) is 4.79 Å². The first-order chi connectivity index (χ1) is 7.58. The van der Waals surface area contributed by atoms with Crippen molar-refractivity contribution < 1.29 is 9.90 Å². The second-order valence-electron chi connectivity index (χ2n) is 3.39. The van der Waals surface area contributed by atoms with Gasteiger partial charge in [-0.15, -0.1) is 0 Å². The summed E-state index contributed by atoms with van der Waals surface area (Å²) in [7, 11) is 0. The van der Waals surface area contributed by atoms with Crippen molar-refractivity contribution in [3.63, 3.8) is 0 Å². The first-order valence-electron chi connectivity index (χ1n) is 4.95. The fraction of sp³-hybridized carbons (Fsp3) is 0.364. The third-order valence-electron chi connectivity index (χ3n) is 2.22. The molecule has 0 bridgehead atoms. The highest BCUT2D eigenvalue weighted by Crippen LogP contribution is 2.21. The van der Waals surface area contributed by atoms with Crippen LogP contribution in [0.5, 0.6) is 0 Å². The minimum atomic E-state index is -0.192. The normalized spacial score (nSPS) is 12.2. The van der Waals surface area contributed by atoms with E-state index in [9.17, 15) is 4.79 Å². The van der Waals surface area contributed by atoms with Gasteiger partial charge in [-0.25, -0.2) is 0 Å². The molecule has 3 nitrogen and oxygen atoms in total. The summed E-state index contributed by atoms with van der Waals surface area (Å²) in [6.07, 6.45) is 0.705. The molecule has 0 unspecified atom stereocenters. The molecular formula is C11H13Br2NO2. The maximum absolute atomic E-state index is 11.8. The summed E-state index contributed by atoms with van der Waals surface area (Å²) in [5.41, 5.74) is 0.565. The lowest BCUT2D eigenvalue weighted by molar-refractivity contribution is 0.0914. The summed E-state index contributed by atoms with van der Waals surface area (Å²) in [4.78, 5) is 11.8. The molecule has 1 atom stereocenters. The molecule has 0 saturated heterocycles. The Balaban J connectivity index is 2.80. The van der Waals surface area contributed by atoms with Crippen molar-refractivity contribution in [3.05, 3.63) is 32.7 Å². The third-order valence-corrected chi connectivity index (χ3v) is 3.37. The Labute approximate surface area is 111 Å². The van der Waals surface area contributed by atoms with E-state index >= 15 is 0 Å². The third kappa shape index (κ3) is 3.57. The topological polar surface area (TPSA) is 49.3 Å². The number of aliphatic hydroxyl groups excluding tert-OH is 1. The zero-order valence-electron chi connectivity index (χ0n) is 8.84. The number of carbonyl (C=O) groups excluding carboxylic acids is 1. The van der Waals surface area contributed by atoms with Crippen molar-refractivity contribution in [2.45, 2.75) is 19.4 Å². The Morgan fingerprint density at radius 3 is 2.69 bits per heavy atom. The Morgan fingerprint density at radius 1 is 1.50 bits per heavy atom. The molecule has 1 aromatic carbocycles. The molecule has 0 aliphatic heterocycles. The summed E-state index contributed by atoms with van der Waals surface area (Å²) in [5.74, 6) is -0.180. The molecule has 5 heteroatoms. The molecule has 0 radical (unpaired) electrons. The Bertz CT molecular complexity index is 378. The smallest absolute Gasteiger partial charge is 0.252 e. The van der Waals surface area contributed by atoms with Crippen molar-refractivity contribution >= 4 is 37.8 Å². The van der Waals surface area contributed by atoms with Crippen LogP contribution in [0, 0.1) is 0 Å². The number of amides is 1. The SMILES string of the molecule is CC[C@H](CO)NC(=O)c1ccc(Br)cc1Br. The van der Waals surface area contributed by atoms with E-state index in [2.05, 4.69) is 37.2 Å². The standard InChI is InChI=1S/C11H13Br2NO2/c1-2-8(6-15)14-11(16)9-4-3-7(12)5-10(9)13/h3-5,8,15H,2,6H2,1H3,(H,14,16)/t8-/m1/s1. The van der Waals surface area contributed by atoms with Crippen LogP contribution in [0.4, 0.5) is 0 Å². The van der Waals surface area contributed by atoms with Crippen molar-refractivity contribution in [2.24, 2.45) is 0 Å². The van der Waals surface area contributed by atoms with Gasteiger partial charge in [-0.1, -0.05) is 22.9 Å². The van der Waals surface area contributed by atoms with E-state index in [1.165, 1.54) is 0 Å². The van der Waals surface area contributed by atoms with Gasteiger partial charge in [0.25, 0.3) is 5.91 Å². The van der Waals surface area contributed by atoms with Crippen LogP contribution < -0.4 is 5.32 Å². The molecule has 1 amide bonds. The predicted molar refractivity (Wildman–Crippen MR) is 70.5 cm³/mol. The van der Waals surface area contributed by atoms with Crippen LogP contribution in [0.25, 0.3) is 0 Å². The summed E-state index contributed by atoms with van der Waals surface area (Å²) in [6.45, 7) is 1.87. The maximum Gasteiger partial charge on any atom is 0.252 e. The molecule has 88 valence electrons. The average Bonchev–Trinajstić information content (AvgIpc) is 2.25. The van der Waals surface area contributed by atoms with E-state index in [0.717, 1.165) is 8.95 Å². The largest absolute Gasteiger partial charge is 0.394 e. The van der Waals surface area contributed by atoms with Gasteiger partial charge in [0.2, 0.25) is 0 Å². The number of halogens is 2. The van der Waals surface area contributed by atoms with Gasteiger partial charge in [0.15, 0.2) is 0 Å². The average molecular weight is 351 g/mol. The number of carbonyl (C=O) groups is 1. The van der Waals surface area contributed by atoms with Gasteiger partial charge in [0, 0.05) is 8.95 Å². The zero-order valence-corrected chi connectivity index (χ0v) is 12.0. The van der Waals surface area contributed by atoms with E-state index in [0.29, 0.717) is 12.0 Å². The van der Waals surface area contributed by atoms with Gasteiger partial charge in [-0.2, -0.15) is 0 Å². The number of benzene rings is 1. The van der Waals surface area contributed by atoms with E-state index in [4.69, 9.17) is 5.11 Å². The lowest BCUT2D eigenvalue weighted by Crippen LogP contribution is -2.37. The fourth-order valence-electron chi connectivity index (χ4n) is 1.21. The lowest BCUT2D eigenvalue weighted by atomic mass is 10.2. The molecule has 0 spiro atoms. The second-order valence-corrected chi connectivity index (χ2v) is 5.16. The minimum Gasteiger partial charge on any atom is -0.394 e. The molecule has 2 N–H and O–H groups in total. The molecule has 0 aromatic heterocycles. The highest BCUT2D eigenvalue weighted by molar-refractivity contribution is 9.11. The van der Waals surface area contributed by atoms with Crippen molar-refractivity contribution in [1.29, 1.82) is 0 Å². The van der Waals surface area contributed by atoms with Gasteiger partial charge in [0.05, 0.1) is 18.2 Å². The molecule has 16 heavy (non-hydrogen) atoms. The Morgan fingerprint density at radius 2 is 2.19 bits per heavy atom. The zero-order chi connectivity index (χ0) is 12.1. The molecule has 0 aliphatic rings. The lowest BCUT2D eigenvalue weighted by Gasteiger charge is -2.14. The van der Waals surface area contributed by atoms with E-state index in [-0.39, 0.29) is 18.6 Å². The van der Waals surface area contributed by atoms with Crippen LogP contribution in [-0.4, -0.2) is 23.7 Å². The van der Waals surface area contributed by atoms with Crippen LogP contribution in [-0.2, 0) is 0 Å². The van der Waals surface area contributed by atoms with Gasteiger partial charge in [-0.05, 0) is 40.5 Å². The van der Waals surface area contributed by atoms with E-state index in [1.807, 2.05) is 13.0 Å². The first-order valence-corrected chi connectivity index (χ1v) is 6.53. The molecule has 1 rings (SSSR count). The van der Waals surface area contributed by atoms with Crippen molar-refractivity contribution in [2.75, 3.05) is 6.61 Å². The Hall–Kier alpha value is -0.390. The van der Waals surface area contributed by atoms with Crippen molar-refractivity contribution in [1.82, 2.24) is 5.32 Å². The number of aliphatic hydroxyl groups is 1. The molecule has 0 heterocycles. The van der Waals surface area contributed by atoms with Gasteiger partial charge < -0.3 is 10.4 Å². The summed E-state index contributed by atoms with van der Waals surface area (Å²) in [6, 6.07) is 5.16. The first kappa shape index (κ1) is 13.7. The molecular weight excluding hydrogens is 338 g/mol. The Kier molecular flexibility index (Phi) is 5.44. The maximum atomic E-state index is 11.8. The second kappa shape index (κ2) is 6.37. The number of rotatable bonds is 4. The molecule has 0 aliphatic carbocycles. The molecule has 1 aromatic rings. The van der Waals surface area contributed by atoms with Crippen LogP contribution >= 0.6 is 31.9 Å². The van der Waals surface area contributed by atoms with Crippen LogP contribution in [0.3, 0.4) is 0 Å². The number of hydrogen-bond donors (Lipinski definition) is 2. The summed E-state index contributed by atoms with van der Waals surface area (Å²) >= 11 is 6.65. The van der Waals surface area contributed by atoms with E-state index < -0.39 is 0 Å². The van der Waals surface area contributed by atoms with Crippen molar-refractivity contribution in [3.8, 4) is 0 Å². The summed E-state index contributed by atoms with van der Waals surface area (Å²) in [5, 5.41) is 11.8. The fourth-order valence-corrected chi connectivity index (χ4v) is 2.44.